The highest BCUT2D eigenvalue weighted by atomic mass is 79.9. The third-order valence-electron chi connectivity index (χ3n) is 4.55. The van der Waals surface area contributed by atoms with Crippen molar-refractivity contribution in [2.75, 3.05) is 20.3 Å². The Morgan fingerprint density at radius 1 is 1.19 bits per heavy atom. The second kappa shape index (κ2) is 8.06. The SMILES string of the molecule is COCCN1C(=O)C(=O)/C(=C(\O)c2ccc(Br)cc2)C1c1cccc(C)c1. The minimum absolute atomic E-state index is 0.101. The number of aliphatic hydroxyl groups is 1. The van der Waals surface area contributed by atoms with Gasteiger partial charge < -0.3 is 14.7 Å². The number of Topliss-reactive ketones (excluding diaryl/α,β-unsaturated/α-hetero) is 1. The van der Waals surface area contributed by atoms with Crippen LogP contribution in [0.5, 0.6) is 0 Å². The number of hydrogen-bond donors (Lipinski definition) is 1. The zero-order valence-corrected chi connectivity index (χ0v) is 16.7. The third-order valence-corrected chi connectivity index (χ3v) is 5.08. The van der Waals surface area contributed by atoms with Gasteiger partial charge in [0.05, 0.1) is 18.2 Å². The highest BCUT2D eigenvalue weighted by Gasteiger charge is 2.45. The molecule has 1 fully saturated rings. The molecule has 1 unspecified atom stereocenters. The predicted octanol–water partition coefficient (Wildman–Crippen LogP) is 3.83. The van der Waals surface area contributed by atoms with Crippen LogP contribution in [0.1, 0.15) is 22.7 Å². The summed E-state index contributed by atoms with van der Waals surface area (Å²) in [6.07, 6.45) is 0. The molecule has 1 N–H and O–H groups in total. The summed E-state index contributed by atoms with van der Waals surface area (Å²) in [4.78, 5) is 26.9. The standard InChI is InChI=1S/C21H20BrNO4/c1-13-4-3-5-15(12-13)18-17(19(24)14-6-8-16(22)9-7-14)20(25)21(26)23(18)10-11-27-2/h3-9,12,18,24H,10-11H2,1-2H3/b19-17-. The van der Waals surface area contributed by atoms with Crippen molar-refractivity contribution in [2.45, 2.75) is 13.0 Å². The van der Waals surface area contributed by atoms with E-state index in [1.54, 1.807) is 31.4 Å². The molecule has 3 rings (SSSR count). The van der Waals surface area contributed by atoms with Gasteiger partial charge in [-0.15, -0.1) is 0 Å². The maximum Gasteiger partial charge on any atom is 0.295 e. The number of carbonyl (C=O) groups excluding carboxylic acids is 2. The number of aliphatic hydroxyl groups excluding tert-OH is 1. The Balaban J connectivity index is 2.16. The van der Waals surface area contributed by atoms with Crippen molar-refractivity contribution in [3.8, 4) is 0 Å². The van der Waals surface area contributed by atoms with E-state index in [0.717, 1.165) is 15.6 Å². The van der Waals surface area contributed by atoms with E-state index in [4.69, 9.17) is 4.74 Å². The Hall–Kier alpha value is -2.44. The van der Waals surface area contributed by atoms with Crippen LogP contribution in [0.4, 0.5) is 0 Å². The van der Waals surface area contributed by atoms with Crippen LogP contribution in [-0.4, -0.2) is 42.0 Å². The molecule has 1 atom stereocenters. The van der Waals surface area contributed by atoms with Gasteiger partial charge in [-0.3, -0.25) is 9.59 Å². The number of carbonyl (C=O) groups is 2. The maximum atomic E-state index is 12.8. The van der Waals surface area contributed by atoms with Gasteiger partial charge in [0, 0.05) is 23.7 Å². The van der Waals surface area contributed by atoms with Crippen molar-refractivity contribution >= 4 is 33.4 Å². The van der Waals surface area contributed by atoms with E-state index in [1.807, 2.05) is 31.2 Å². The van der Waals surface area contributed by atoms with Gasteiger partial charge in [-0.2, -0.15) is 0 Å². The molecule has 2 aromatic carbocycles. The summed E-state index contributed by atoms with van der Waals surface area (Å²) in [6.45, 7) is 2.50. The Morgan fingerprint density at radius 3 is 2.52 bits per heavy atom. The highest BCUT2D eigenvalue weighted by molar-refractivity contribution is 9.10. The van der Waals surface area contributed by atoms with Gasteiger partial charge in [-0.1, -0.05) is 57.9 Å². The van der Waals surface area contributed by atoms with E-state index < -0.39 is 17.7 Å². The number of ether oxygens (including phenoxy) is 1. The van der Waals surface area contributed by atoms with Crippen LogP contribution < -0.4 is 0 Å². The lowest BCUT2D eigenvalue weighted by atomic mass is 9.94. The first-order valence-electron chi connectivity index (χ1n) is 8.54. The van der Waals surface area contributed by atoms with Crippen LogP contribution in [0.3, 0.4) is 0 Å². The second-order valence-corrected chi connectivity index (χ2v) is 7.32. The summed E-state index contributed by atoms with van der Waals surface area (Å²) in [5, 5.41) is 10.9. The van der Waals surface area contributed by atoms with Crippen LogP contribution in [-0.2, 0) is 14.3 Å². The van der Waals surface area contributed by atoms with Crippen LogP contribution >= 0.6 is 15.9 Å². The lowest BCUT2D eigenvalue weighted by Crippen LogP contribution is -2.32. The minimum Gasteiger partial charge on any atom is -0.507 e. The van der Waals surface area contributed by atoms with Gasteiger partial charge in [0.1, 0.15) is 5.76 Å². The molecule has 0 aliphatic carbocycles. The van der Waals surface area contributed by atoms with E-state index >= 15 is 0 Å². The quantitative estimate of drug-likeness (QED) is 0.445. The Morgan fingerprint density at radius 2 is 1.89 bits per heavy atom. The molecule has 1 aliphatic heterocycles. The molecule has 0 spiro atoms. The van der Waals surface area contributed by atoms with Gasteiger partial charge in [0.25, 0.3) is 11.7 Å². The number of methoxy groups -OCH3 is 1. The van der Waals surface area contributed by atoms with E-state index in [2.05, 4.69) is 15.9 Å². The molecular weight excluding hydrogens is 410 g/mol. The summed E-state index contributed by atoms with van der Waals surface area (Å²) >= 11 is 3.35. The molecule has 140 valence electrons. The number of hydrogen-bond acceptors (Lipinski definition) is 4. The fourth-order valence-electron chi connectivity index (χ4n) is 3.25. The number of halogens is 1. The monoisotopic (exact) mass is 429 g/mol. The van der Waals surface area contributed by atoms with Gasteiger partial charge in [-0.05, 0) is 24.6 Å². The average Bonchev–Trinajstić information content (AvgIpc) is 2.91. The number of ketones is 1. The van der Waals surface area contributed by atoms with Crippen molar-refractivity contribution in [2.24, 2.45) is 0 Å². The fourth-order valence-corrected chi connectivity index (χ4v) is 3.51. The van der Waals surface area contributed by atoms with Crippen LogP contribution in [0.15, 0.2) is 58.6 Å². The molecular formula is C21H20BrNO4. The summed E-state index contributed by atoms with van der Waals surface area (Å²) in [5.41, 5.74) is 2.38. The first-order chi connectivity index (χ1) is 12.9. The lowest BCUT2D eigenvalue weighted by Gasteiger charge is -2.25. The predicted molar refractivity (Wildman–Crippen MR) is 106 cm³/mol. The molecule has 1 aliphatic rings. The molecule has 5 nitrogen and oxygen atoms in total. The molecule has 1 heterocycles. The van der Waals surface area contributed by atoms with E-state index in [1.165, 1.54) is 4.90 Å². The molecule has 1 saturated heterocycles. The van der Waals surface area contributed by atoms with Crippen LogP contribution in [0, 0.1) is 6.92 Å². The minimum atomic E-state index is -0.682. The van der Waals surface area contributed by atoms with Crippen molar-refractivity contribution in [3.05, 3.63) is 75.3 Å². The average molecular weight is 430 g/mol. The smallest absolute Gasteiger partial charge is 0.295 e. The molecule has 0 aromatic heterocycles. The molecule has 1 amide bonds. The van der Waals surface area contributed by atoms with Crippen molar-refractivity contribution < 1.29 is 19.4 Å². The van der Waals surface area contributed by atoms with Crippen molar-refractivity contribution in [1.82, 2.24) is 4.90 Å². The number of nitrogens with zero attached hydrogens (tertiary/aromatic N) is 1. The van der Waals surface area contributed by atoms with Gasteiger partial charge in [0.15, 0.2) is 0 Å². The Labute approximate surface area is 166 Å². The zero-order valence-electron chi connectivity index (χ0n) is 15.1. The summed E-state index contributed by atoms with van der Waals surface area (Å²) in [7, 11) is 1.54. The number of aryl methyl sites for hydroxylation is 1. The number of likely N-dealkylation sites (tertiary alicyclic amines) is 1. The largest absolute Gasteiger partial charge is 0.507 e. The molecule has 6 heteroatoms. The highest BCUT2D eigenvalue weighted by Crippen LogP contribution is 2.39. The van der Waals surface area contributed by atoms with E-state index in [0.29, 0.717) is 12.2 Å². The third kappa shape index (κ3) is 3.82. The second-order valence-electron chi connectivity index (χ2n) is 6.41. The molecule has 0 saturated carbocycles. The summed E-state index contributed by atoms with van der Waals surface area (Å²) in [5.74, 6) is -1.48. The number of amides is 1. The molecule has 0 bridgehead atoms. The molecule has 2 aromatic rings. The molecule has 27 heavy (non-hydrogen) atoms. The van der Waals surface area contributed by atoms with E-state index in [-0.39, 0.29) is 17.9 Å². The van der Waals surface area contributed by atoms with Gasteiger partial charge >= 0.3 is 0 Å². The first-order valence-corrected chi connectivity index (χ1v) is 9.33. The number of benzene rings is 2. The van der Waals surface area contributed by atoms with E-state index in [9.17, 15) is 14.7 Å². The van der Waals surface area contributed by atoms with Gasteiger partial charge in [-0.25, -0.2) is 0 Å². The summed E-state index contributed by atoms with van der Waals surface area (Å²) < 4.78 is 5.96. The molecule has 0 radical (unpaired) electrons. The maximum absolute atomic E-state index is 12.8. The first kappa shape index (κ1) is 19.3. The van der Waals surface area contributed by atoms with Crippen molar-refractivity contribution in [1.29, 1.82) is 0 Å². The van der Waals surface area contributed by atoms with Crippen molar-refractivity contribution in [3.63, 3.8) is 0 Å². The summed E-state index contributed by atoms with van der Waals surface area (Å²) in [6, 6.07) is 13.9. The topological polar surface area (TPSA) is 66.8 Å². The van der Waals surface area contributed by atoms with Crippen LogP contribution in [0.2, 0.25) is 0 Å². The lowest BCUT2D eigenvalue weighted by molar-refractivity contribution is -0.140. The van der Waals surface area contributed by atoms with Gasteiger partial charge in [0.2, 0.25) is 0 Å². The zero-order chi connectivity index (χ0) is 19.6. The number of rotatable bonds is 5. The van der Waals surface area contributed by atoms with Crippen LogP contribution in [0.25, 0.3) is 5.76 Å². The normalized spacial score (nSPS) is 18.9. The fraction of sp³-hybridized carbons (Fsp3) is 0.238. The Bertz CT molecular complexity index is 905. The Kier molecular flexibility index (Phi) is 5.77.